The van der Waals surface area contributed by atoms with E-state index in [1.165, 1.54) is 12.1 Å². The minimum absolute atomic E-state index is 0.308. The van der Waals surface area contributed by atoms with Crippen LogP contribution in [0.1, 0.15) is 10.5 Å². The van der Waals surface area contributed by atoms with Crippen molar-refractivity contribution in [1.29, 1.82) is 0 Å². The van der Waals surface area contributed by atoms with Crippen LogP contribution < -0.4 is 11.2 Å². The average molecular weight is 267 g/mol. The Labute approximate surface area is 105 Å². The summed E-state index contributed by atoms with van der Waals surface area (Å²) in [5.41, 5.74) is -2.03. The molecule has 0 fully saturated rings. The largest absolute Gasteiger partial charge is 0.477 e. The zero-order chi connectivity index (χ0) is 13.3. The van der Waals surface area contributed by atoms with E-state index in [2.05, 4.69) is 4.98 Å². The second kappa shape index (κ2) is 4.50. The molecule has 1 aromatic heterocycles. The van der Waals surface area contributed by atoms with Crippen molar-refractivity contribution in [2.24, 2.45) is 0 Å². The number of H-pyrrole nitrogens is 1. The summed E-state index contributed by atoms with van der Waals surface area (Å²) >= 11 is 5.63. The van der Waals surface area contributed by atoms with Crippen molar-refractivity contribution in [1.82, 2.24) is 9.55 Å². The molecule has 0 saturated heterocycles. The van der Waals surface area contributed by atoms with Gasteiger partial charge in [0.1, 0.15) is 5.02 Å². The molecule has 18 heavy (non-hydrogen) atoms. The van der Waals surface area contributed by atoms with Crippen LogP contribution in [-0.4, -0.2) is 20.6 Å². The number of nitrogens with one attached hydrogen (secondary N) is 1. The van der Waals surface area contributed by atoms with Crippen molar-refractivity contribution < 1.29 is 9.90 Å². The molecule has 0 radical (unpaired) electrons. The van der Waals surface area contributed by atoms with Crippen LogP contribution in [-0.2, 0) is 0 Å². The van der Waals surface area contributed by atoms with Gasteiger partial charge in [0, 0.05) is 0 Å². The molecule has 1 heterocycles. The standard InChI is InChI=1S/C11H7ClN2O4/c12-7-8(10(16)17)13-11(18)14(9(7)15)6-4-2-1-3-5-6/h1-5H,(H,13,18)(H,16,17). The van der Waals surface area contributed by atoms with Gasteiger partial charge in [0.25, 0.3) is 5.56 Å². The summed E-state index contributed by atoms with van der Waals surface area (Å²) in [6.45, 7) is 0. The predicted octanol–water partition coefficient (Wildman–Crippen LogP) is 0.877. The number of carbonyl (C=O) groups is 1. The highest BCUT2D eigenvalue weighted by molar-refractivity contribution is 6.33. The lowest BCUT2D eigenvalue weighted by atomic mass is 10.3. The maximum Gasteiger partial charge on any atom is 0.354 e. The molecule has 1 aromatic carbocycles. The van der Waals surface area contributed by atoms with Gasteiger partial charge in [-0.3, -0.25) is 9.78 Å². The molecule has 0 unspecified atom stereocenters. The van der Waals surface area contributed by atoms with Gasteiger partial charge in [-0.1, -0.05) is 29.8 Å². The summed E-state index contributed by atoms with van der Waals surface area (Å²) in [6, 6.07) is 8.07. The third kappa shape index (κ3) is 1.93. The van der Waals surface area contributed by atoms with E-state index in [4.69, 9.17) is 16.7 Å². The van der Waals surface area contributed by atoms with Gasteiger partial charge in [0.2, 0.25) is 0 Å². The summed E-state index contributed by atoms with van der Waals surface area (Å²) < 4.78 is 0.773. The number of hydrogen-bond acceptors (Lipinski definition) is 3. The summed E-state index contributed by atoms with van der Waals surface area (Å²) in [7, 11) is 0. The Balaban J connectivity index is 2.81. The topological polar surface area (TPSA) is 92.2 Å². The van der Waals surface area contributed by atoms with Crippen LogP contribution in [0.2, 0.25) is 5.02 Å². The van der Waals surface area contributed by atoms with Gasteiger partial charge >= 0.3 is 11.7 Å². The summed E-state index contributed by atoms with van der Waals surface area (Å²) in [4.78, 5) is 36.4. The van der Waals surface area contributed by atoms with E-state index in [9.17, 15) is 14.4 Å². The highest BCUT2D eigenvalue weighted by atomic mass is 35.5. The van der Waals surface area contributed by atoms with E-state index in [1.54, 1.807) is 18.2 Å². The van der Waals surface area contributed by atoms with E-state index < -0.39 is 27.9 Å². The summed E-state index contributed by atoms with van der Waals surface area (Å²) in [5, 5.41) is 8.24. The number of carboxylic acid groups (broad SMARTS) is 1. The third-order valence-corrected chi connectivity index (χ3v) is 2.62. The molecule has 0 saturated carbocycles. The molecule has 2 N–H and O–H groups in total. The quantitative estimate of drug-likeness (QED) is 0.844. The summed E-state index contributed by atoms with van der Waals surface area (Å²) in [5.74, 6) is -1.46. The Hall–Kier alpha value is -2.34. The third-order valence-electron chi connectivity index (χ3n) is 2.27. The lowest BCUT2D eigenvalue weighted by molar-refractivity contribution is 0.0689. The Morgan fingerprint density at radius 2 is 1.83 bits per heavy atom. The first kappa shape index (κ1) is 12.1. The number of rotatable bonds is 2. The molecule has 0 atom stereocenters. The SMILES string of the molecule is O=C(O)c1[nH]c(=O)n(-c2ccccc2)c(=O)c1Cl. The minimum Gasteiger partial charge on any atom is -0.477 e. The highest BCUT2D eigenvalue weighted by Crippen LogP contribution is 2.08. The number of halogens is 1. The maximum atomic E-state index is 11.9. The van der Waals surface area contributed by atoms with Crippen LogP contribution in [0.4, 0.5) is 0 Å². The van der Waals surface area contributed by atoms with Gasteiger partial charge in [-0.05, 0) is 12.1 Å². The van der Waals surface area contributed by atoms with Crippen LogP contribution in [0.3, 0.4) is 0 Å². The van der Waals surface area contributed by atoms with Crippen molar-refractivity contribution in [3.8, 4) is 5.69 Å². The molecule has 6 nitrogen and oxygen atoms in total. The van der Waals surface area contributed by atoms with Gasteiger partial charge in [-0.25, -0.2) is 14.2 Å². The van der Waals surface area contributed by atoms with Gasteiger partial charge in [0.15, 0.2) is 5.69 Å². The predicted molar refractivity (Wildman–Crippen MR) is 64.6 cm³/mol. The first-order valence-electron chi connectivity index (χ1n) is 4.86. The summed E-state index contributed by atoms with van der Waals surface area (Å²) in [6.07, 6.45) is 0. The molecule has 2 rings (SSSR count). The number of aromatic carboxylic acids is 1. The number of carboxylic acids is 1. The van der Waals surface area contributed by atoms with E-state index in [-0.39, 0.29) is 0 Å². The van der Waals surface area contributed by atoms with Crippen molar-refractivity contribution >= 4 is 17.6 Å². The molecule has 2 aromatic rings. The van der Waals surface area contributed by atoms with Crippen molar-refractivity contribution in [2.45, 2.75) is 0 Å². The van der Waals surface area contributed by atoms with Gasteiger partial charge in [0.05, 0.1) is 5.69 Å². The zero-order valence-electron chi connectivity index (χ0n) is 8.88. The number of benzene rings is 1. The fraction of sp³-hybridized carbons (Fsp3) is 0. The van der Waals surface area contributed by atoms with Crippen molar-refractivity contribution in [2.75, 3.05) is 0 Å². The Morgan fingerprint density at radius 3 is 2.39 bits per heavy atom. The molecule has 0 amide bonds. The molecule has 0 aliphatic heterocycles. The molecule has 92 valence electrons. The fourth-order valence-corrected chi connectivity index (χ4v) is 1.69. The maximum absolute atomic E-state index is 11.9. The number of aromatic nitrogens is 2. The molecule has 0 aliphatic rings. The van der Waals surface area contributed by atoms with Crippen molar-refractivity contribution in [3.05, 3.63) is 61.9 Å². The number of nitrogens with zero attached hydrogens (tertiary/aromatic N) is 1. The van der Waals surface area contributed by atoms with Crippen LogP contribution >= 0.6 is 11.6 Å². The highest BCUT2D eigenvalue weighted by Gasteiger charge is 2.17. The molecular formula is C11H7ClN2O4. The number of aromatic amines is 1. The van der Waals surface area contributed by atoms with E-state index in [1.807, 2.05) is 0 Å². The molecule has 7 heteroatoms. The van der Waals surface area contributed by atoms with Gasteiger partial charge < -0.3 is 5.11 Å². The molecular weight excluding hydrogens is 260 g/mol. The Morgan fingerprint density at radius 1 is 1.22 bits per heavy atom. The van der Waals surface area contributed by atoms with E-state index >= 15 is 0 Å². The van der Waals surface area contributed by atoms with Crippen LogP contribution in [0.5, 0.6) is 0 Å². The van der Waals surface area contributed by atoms with E-state index in [0.29, 0.717) is 5.69 Å². The minimum atomic E-state index is -1.46. The monoisotopic (exact) mass is 266 g/mol. The molecule has 0 aliphatic carbocycles. The van der Waals surface area contributed by atoms with Crippen LogP contribution in [0.15, 0.2) is 39.9 Å². The van der Waals surface area contributed by atoms with Crippen LogP contribution in [0.25, 0.3) is 5.69 Å². The normalized spacial score (nSPS) is 10.3. The first-order valence-corrected chi connectivity index (χ1v) is 5.23. The average Bonchev–Trinajstić information content (AvgIpc) is 2.35. The fourth-order valence-electron chi connectivity index (χ4n) is 1.47. The van der Waals surface area contributed by atoms with Crippen LogP contribution in [0, 0.1) is 0 Å². The first-order chi connectivity index (χ1) is 8.52. The van der Waals surface area contributed by atoms with Crippen molar-refractivity contribution in [3.63, 3.8) is 0 Å². The van der Waals surface area contributed by atoms with Gasteiger partial charge in [-0.2, -0.15) is 0 Å². The second-order valence-electron chi connectivity index (χ2n) is 3.40. The molecule has 0 bridgehead atoms. The lowest BCUT2D eigenvalue weighted by Crippen LogP contribution is -2.36. The Kier molecular flexibility index (Phi) is 3.03. The number of hydrogen-bond donors (Lipinski definition) is 2. The zero-order valence-corrected chi connectivity index (χ0v) is 9.64. The van der Waals surface area contributed by atoms with E-state index in [0.717, 1.165) is 4.57 Å². The second-order valence-corrected chi connectivity index (χ2v) is 3.78. The van der Waals surface area contributed by atoms with Gasteiger partial charge in [-0.15, -0.1) is 0 Å². The Bertz CT molecular complexity index is 718. The smallest absolute Gasteiger partial charge is 0.354 e. The molecule has 0 spiro atoms. The number of para-hydroxylation sites is 1. The lowest BCUT2D eigenvalue weighted by Gasteiger charge is -2.06.